The molecule has 2 aliphatic carbocycles. The van der Waals surface area contributed by atoms with E-state index in [9.17, 15) is 0 Å². The standard InChI is InChI=1S/C18H15N/c19-14-8-5-13-7-9-16-15-4-2-1-3-12(15)6-10-17(16)18(13)11-14/h1-6,8-11,13H,7,19H2. The topological polar surface area (TPSA) is 26.0 Å². The van der Waals surface area contributed by atoms with Crippen LogP contribution in [0.15, 0.2) is 60.3 Å². The summed E-state index contributed by atoms with van der Waals surface area (Å²) in [7, 11) is 0. The van der Waals surface area contributed by atoms with Gasteiger partial charge >= 0.3 is 0 Å². The Bertz CT molecular complexity index is 853. The van der Waals surface area contributed by atoms with Gasteiger partial charge in [-0.2, -0.15) is 0 Å². The lowest BCUT2D eigenvalue weighted by Gasteiger charge is -2.21. The first-order chi connectivity index (χ1) is 9.33. The van der Waals surface area contributed by atoms with E-state index < -0.39 is 0 Å². The van der Waals surface area contributed by atoms with Gasteiger partial charge in [-0.3, -0.25) is 0 Å². The van der Waals surface area contributed by atoms with Crippen molar-refractivity contribution in [3.8, 4) is 0 Å². The molecule has 0 spiro atoms. The molecule has 2 aromatic rings. The van der Waals surface area contributed by atoms with Gasteiger partial charge in [-0.05, 0) is 45.4 Å². The average molecular weight is 245 g/mol. The van der Waals surface area contributed by atoms with Crippen LogP contribution in [0.5, 0.6) is 0 Å². The number of rotatable bonds is 0. The van der Waals surface area contributed by atoms with Gasteiger partial charge in [-0.1, -0.05) is 48.6 Å². The highest BCUT2D eigenvalue weighted by atomic mass is 14.6. The van der Waals surface area contributed by atoms with Gasteiger partial charge in [0.25, 0.3) is 0 Å². The Labute approximate surface area is 112 Å². The molecule has 2 aromatic carbocycles. The zero-order valence-corrected chi connectivity index (χ0v) is 10.6. The lowest BCUT2D eigenvalue weighted by atomic mass is 9.84. The molecule has 1 nitrogen and oxygen atoms in total. The number of allylic oxidation sites excluding steroid dienone is 3. The molecule has 1 unspecified atom stereocenters. The minimum atomic E-state index is 0.487. The third-order valence-electron chi connectivity index (χ3n) is 4.10. The Morgan fingerprint density at radius 1 is 1.05 bits per heavy atom. The summed E-state index contributed by atoms with van der Waals surface area (Å²) in [6, 6.07) is 13.0. The summed E-state index contributed by atoms with van der Waals surface area (Å²) in [5, 5.41) is 5.35. The van der Waals surface area contributed by atoms with Crippen molar-refractivity contribution in [2.75, 3.05) is 0 Å². The van der Waals surface area contributed by atoms with Gasteiger partial charge in [0, 0.05) is 11.6 Å². The first-order valence-corrected chi connectivity index (χ1v) is 6.70. The molecular weight excluding hydrogens is 230 g/mol. The van der Waals surface area contributed by atoms with E-state index in [-0.39, 0.29) is 0 Å². The molecule has 2 N–H and O–H groups in total. The molecule has 0 saturated carbocycles. The third kappa shape index (κ3) is 1.55. The maximum absolute atomic E-state index is 5.95. The van der Waals surface area contributed by atoms with Crippen LogP contribution in [0.25, 0.3) is 22.4 Å². The van der Waals surface area contributed by atoms with Crippen molar-refractivity contribution < 1.29 is 0 Å². The van der Waals surface area contributed by atoms with Crippen molar-refractivity contribution in [1.29, 1.82) is 0 Å². The van der Waals surface area contributed by atoms with Gasteiger partial charge in [0.05, 0.1) is 0 Å². The fourth-order valence-electron chi connectivity index (χ4n) is 3.16. The van der Waals surface area contributed by atoms with Crippen LogP contribution in [0, 0.1) is 5.92 Å². The molecule has 0 radical (unpaired) electrons. The lowest BCUT2D eigenvalue weighted by Crippen LogP contribution is -2.33. The van der Waals surface area contributed by atoms with Crippen LogP contribution in [-0.4, -0.2) is 0 Å². The highest BCUT2D eigenvalue weighted by Gasteiger charge is 2.17. The molecule has 0 bridgehead atoms. The third-order valence-corrected chi connectivity index (χ3v) is 4.10. The van der Waals surface area contributed by atoms with Gasteiger partial charge < -0.3 is 5.73 Å². The van der Waals surface area contributed by atoms with Crippen molar-refractivity contribution in [1.82, 2.24) is 0 Å². The first kappa shape index (κ1) is 10.6. The summed E-state index contributed by atoms with van der Waals surface area (Å²) in [6.07, 6.45) is 9.81. The van der Waals surface area contributed by atoms with E-state index in [2.05, 4.69) is 54.6 Å². The minimum absolute atomic E-state index is 0.487. The summed E-state index contributed by atoms with van der Waals surface area (Å²) in [6.45, 7) is 0. The van der Waals surface area contributed by atoms with Crippen LogP contribution >= 0.6 is 0 Å². The molecule has 1 heteroatoms. The average Bonchev–Trinajstić information content (AvgIpc) is 2.46. The van der Waals surface area contributed by atoms with Crippen LogP contribution in [0.2, 0.25) is 0 Å². The molecular formula is C18H15N. The maximum Gasteiger partial charge on any atom is 0.0314 e. The Morgan fingerprint density at radius 3 is 2.89 bits per heavy atom. The van der Waals surface area contributed by atoms with Crippen molar-refractivity contribution in [2.24, 2.45) is 11.7 Å². The molecule has 0 fully saturated rings. The Hall–Kier alpha value is -2.28. The number of hydrogen-bond acceptors (Lipinski definition) is 1. The molecule has 0 amide bonds. The quantitative estimate of drug-likeness (QED) is 0.756. The van der Waals surface area contributed by atoms with Crippen LogP contribution in [0.1, 0.15) is 6.42 Å². The van der Waals surface area contributed by atoms with Crippen LogP contribution in [0.4, 0.5) is 0 Å². The Morgan fingerprint density at radius 2 is 1.95 bits per heavy atom. The lowest BCUT2D eigenvalue weighted by molar-refractivity contribution is 0.859. The molecule has 92 valence electrons. The summed E-state index contributed by atoms with van der Waals surface area (Å²) in [5.41, 5.74) is 8.17. The molecule has 4 rings (SSSR count). The van der Waals surface area contributed by atoms with E-state index in [0.29, 0.717) is 5.92 Å². The summed E-state index contributed by atoms with van der Waals surface area (Å²) in [4.78, 5) is 0. The number of hydrogen-bond donors (Lipinski definition) is 1. The summed E-state index contributed by atoms with van der Waals surface area (Å²) in [5.74, 6) is 0.487. The molecule has 19 heavy (non-hydrogen) atoms. The molecule has 2 aliphatic rings. The second-order valence-electron chi connectivity index (χ2n) is 5.25. The predicted octanol–water partition coefficient (Wildman–Crippen LogP) is 2.20. The zero-order valence-electron chi connectivity index (χ0n) is 10.6. The van der Waals surface area contributed by atoms with Crippen LogP contribution in [0.3, 0.4) is 0 Å². The predicted molar refractivity (Wildman–Crippen MR) is 80.6 cm³/mol. The second-order valence-corrected chi connectivity index (χ2v) is 5.25. The fourth-order valence-corrected chi connectivity index (χ4v) is 3.16. The van der Waals surface area contributed by atoms with Crippen LogP contribution in [-0.2, 0) is 0 Å². The molecule has 0 heterocycles. The molecule has 0 aromatic heterocycles. The molecule has 1 atom stereocenters. The number of benzene rings is 2. The van der Waals surface area contributed by atoms with E-state index in [4.69, 9.17) is 5.73 Å². The van der Waals surface area contributed by atoms with E-state index in [0.717, 1.165) is 12.1 Å². The monoisotopic (exact) mass is 245 g/mol. The van der Waals surface area contributed by atoms with E-state index in [1.807, 2.05) is 6.08 Å². The minimum Gasteiger partial charge on any atom is -0.399 e. The normalized spacial score (nSPS) is 20.5. The van der Waals surface area contributed by atoms with Gasteiger partial charge in [-0.15, -0.1) is 0 Å². The molecule has 0 saturated heterocycles. The van der Waals surface area contributed by atoms with Gasteiger partial charge in [0.2, 0.25) is 0 Å². The summed E-state index contributed by atoms with van der Waals surface area (Å²) < 4.78 is 0. The van der Waals surface area contributed by atoms with Crippen LogP contribution < -0.4 is 16.2 Å². The van der Waals surface area contributed by atoms with E-state index >= 15 is 0 Å². The Balaban J connectivity index is 2.18. The van der Waals surface area contributed by atoms with Gasteiger partial charge in [0.1, 0.15) is 0 Å². The smallest absolute Gasteiger partial charge is 0.0314 e. The highest BCUT2D eigenvalue weighted by Crippen LogP contribution is 2.26. The van der Waals surface area contributed by atoms with Gasteiger partial charge in [-0.25, -0.2) is 0 Å². The molecule has 0 aliphatic heterocycles. The highest BCUT2D eigenvalue weighted by molar-refractivity contribution is 5.85. The maximum atomic E-state index is 5.95. The Kier molecular flexibility index (Phi) is 2.16. The fraction of sp³-hybridized carbons (Fsp3) is 0.111. The van der Waals surface area contributed by atoms with Crippen molar-refractivity contribution in [2.45, 2.75) is 6.42 Å². The summed E-state index contributed by atoms with van der Waals surface area (Å²) >= 11 is 0. The van der Waals surface area contributed by atoms with Crippen molar-refractivity contribution >= 4 is 22.4 Å². The number of nitrogens with two attached hydrogens (primary N) is 1. The van der Waals surface area contributed by atoms with Crippen molar-refractivity contribution in [3.63, 3.8) is 0 Å². The van der Waals surface area contributed by atoms with E-state index in [1.165, 1.54) is 26.8 Å². The SMILES string of the molecule is NC1=CC2=c3ccc4ccccc4c3=CCC2C=C1. The van der Waals surface area contributed by atoms with Crippen molar-refractivity contribution in [3.05, 3.63) is 70.8 Å². The van der Waals surface area contributed by atoms with E-state index in [1.54, 1.807) is 0 Å². The second kappa shape index (κ2) is 3.86. The van der Waals surface area contributed by atoms with Gasteiger partial charge in [0.15, 0.2) is 0 Å². The largest absolute Gasteiger partial charge is 0.399 e. The first-order valence-electron chi connectivity index (χ1n) is 6.70. The zero-order chi connectivity index (χ0) is 12.8. The number of fused-ring (bicyclic) bond motifs is 4.